The first-order valence-electron chi connectivity index (χ1n) is 8.62. The fraction of sp³-hybridized carbons (Fsp3) is 0.938. The molecule has 0 aromatic carbocycles. The van der Waals surface area contributed by atoms with Crippen molar-refractivity contribution in [2.45, 2.75) is 40.0 Å². The molecule has 5 heteroatoms. The van der Waals surface area contributed by atoms with Crippen molar-refractivity contribution in [3.63, 3.8) is 0 Å². The number of rotatable bonds is 12. The molecule has 0 aromatic rings. The average Bonchev–Trinajstić information content (AvgIpc) is 3.31. The number of nitrogens with one attached hydrogen (secondary N) is 2. The summed E-state index contributed by atoms with van der Waals surface area (Å²) in [5, 5.41) is 6.69. The van der Waals surface area contributed by atoms with Crippen LogP contribution in [0.4, 0.5) is 0 Å². The Morgan fingerprint density at radius 2 is 1.95 bits per heavy atom. The highest BCUT2D eigenvalue weighted by Gasteiger charge is 2.20. The topological polar surface area (TPSA) is 48.9 Å². The fourth-order valence-electron chi connectivity index (χ4n) is 2.11. The highest BCUT2D eigenvalue weighted by molar-refractivity contribution is 5.79. The number of hydrogen-bond donors (Lipinski definition) is 2. The summed E-state index contributed by atoms with van der Waals surface area (Å²) in [5.41, 5.74) is 0. The molecular weight excluding hydrogens is 264 g/mol. The molecule has 1 aliphatic rings. The molecule has 1 fully saturated rings. The Hall–Kier alpha value is -0.810. The normalized spacial score (nSPS) is 15.5. The molecule has 2 N–H and O–H groups in total. The number of guanidine groups is 1. The van der Waals surface area contributed by atoms with Crippen LogP contribution in [0.1, 0.15) is 40.0 Å². The van der Waals surface area contributed by atoms with E-state index in [2.05, 4.69) is 41.3 Å². The number of likely N-dealkylation sites (N-methyl/N-ethyl adjacent to an activating group) is 1. The van der Waals surface area contributed by atoms with Crippen molar-refractivity contribution >= 4 is 5.96 Å². The van der Waals surface area contributed by atoms with E-state index < -0.39 is 0 Å². The smallest absolute Gasteiger partial charge is 0.191 e. The standard InChI is InChI=1S/C16H34N4O/c1-4-17-16(19-11-12-20(5-2)6-3)18-10-7-13-21-14-15-8-9-15/h15H,4-14H2,1-3H3,(H2,17,18,19). The molecule has 1 rings (SSSR count). The maximum Gasteiger partial charge on any atom is 0.191 e. The van der Waals surface area contributed by atoms with E-state index in [1.165, 1.54) is 12.8 Å². The Bertz CT molecular complexity index is 275. The Balaban J connectivity index is 2.09. The molecule has 0 heterocycles. The van der Waals surface area contributed by atoms with Crippen LogP contribution in [0.15, 0.2) is 4.99 Å². The molecule has 1 aliphatic carbocycles. The second-order valence-electron chi connectivity index (χ2n) is 5.59. The average molecular weight is 298 g/mol. The largest absolute Gasteiger partial charge is 0.381 e. The molecule has 0 bridgehead atoms. The third-order valence-electron chi connectivity index (χ3n) is 3.73. The van der Waals surface area contributed by atoms with Gasteiger partial charge in [0.1, 0.15) is 0 Å². The van der Waals surface area contributed by atoms with Crippen LogP contribution in [0.5, 0.6) is 0 Å². The fourth-order valence-corrected chi connectivity index (χ4v) is 2.11. The zero-order valence-electron chi connectivity index (χ0n) is 14.2. The summed E-state index contributed by atoms with van der Waals surface area (Å²) in [6.07, 6.45) is 3.72. The van der Waals surface area contributed by atoms with Crippen LogP contribution in [0.2, 0.25) is 0 Å². The molecular formula is C16H34N4O. The van der Waals surface area contributed by atoms with Crippen molar-refractivity contribution in [2.24, 2.45) is 10.9 Å². The minimum atomic E-state index is 0.825. The Labute approximate surface area is 130 Å². The summed E-state index contributed by atoms with van der Waals surface area (Å²) in [6.45, 7) is 14.2. The predicted octanol–water partition coefficient (Wildman–Crippen LogP) is 1.70. The van der Waals surface area contributed by atoms with Gasteiger partial charge in [-0.05, 0) is 45.2 Å². The number of aliphatic imine (C=N–C) groups is 1. The van der Waals surface area contributed by atoms with Crippen LogP contribution in [-0.2, 0) is 4.74 Å². The van der Waals surface area contributed by atoms with Gasteiger partial charge in [-0.25, -0.2) is 0 Å². The molecule has 124 valence electrons. The van der Waals surface area contributed by atoms with E-state index in [1.807, 2.05) is 0 Å². The van der Waals surface area contributed by atoms with E-state index in [4.69, 9.17) is 4.74 Å². The van der Waals surface area contributed by atoms with Gasteiger partial charge in [0.15, 0.2) is 5.96 Å². The zero-order valence-corrected chi connectivity index (χ0v) is 14.2. The van der Waals surface area contributed by atoms with E-state index >= 15 is 0 Å². The van der Waals surface area contributed by atoms with Gasteiger partial charge in [0.2, 0.25) is 0 Å². The molecule has 0 aromatic heterocycles. The summed E-state index contributed by atoms with van der Waals surface area (Å²) in [6, 6.07) is 0. The monoisotopic (exact) mass is 298 g/mol. The van der Waals surface area contributed by atoms with Crippen molar-refractivity contribution in [1.82, 2.24) is 15.5 Å². The van der Waals surface area contributed by atoms with Crippen molar-refractivity contribution in [2.75, 3.05) is 52.5 Å². The molecule has 1 saturated carbocycles. The second-order valence-corrected chi connectivity index (χ2v) is 5.59. The lowest BCUT2D eigenvalue weighted by molar-refractivity contribution is 0.123. The van der Waals surface area contributed by atoms with Gasteiger partial charge in [0.25, 0.3) is 0 Å². The molecule has 5 nitrogen and oxygen atoms in total. The predicted molar refractivity (Wildman–Crippen MR) is 89.9 cm³/mol. The van der Waals surface area contributed by atoms with Gasteiger partial charge < -0.3 is 20.3 Å². The second kappa shape index (κ2) is 11.8. The number of hydrogen-bond acceptors (Lipinski definition) is 3. The van der Waals surface area contributed by atoms with Crippen LogP contribution in [-0.4, -0.2) is 63.3 Å². The summed E-state index contributed by atoms with van der Waals surface area (Å²) < 4.78 is 5.62. The van der Waals surface area contributed by atoms with Crippen molar-refractivity contribution in [1.29, 1.82) is 0 Å². The van der Waals surface area contributed by atoms with Gasteiger partial charge in [-0.15, -0.1) is 0 Å². The highest BCUT2D eigenvalue weighted by Crippen LogP contribution is 2.28. The summed E-state index contributed by atoms with van der Waals surface area (Å²) in [4.78, 5) is 7.00. The molecule has 21 heavy (non-hydrogen) atoms. The third-order valence-corrected chi connectivity index (χ3v) is 3.73. The minimum absolute atomic E-state index is 0.825. The first kappa shape index (κ1) is 18.2. The van der Waals surface area contributed by atoms with E-state index in [0.29, 0.717) is 0 Å². The van der Waals surface area contributed by atoms with Crippen molar-refractivity contribution < 1.29 is 4.74 Å². The first-order valence-corrected chi connectivity index (χ1v) is 8.62. The molecule has 0 saturated heterocycles. The summed E-state index contributed by atoms with van der Waals surface area (Å²) in [7, 11) is 0. The summed E-state index contributed by atoms with van der Waals surface area (Å²) in [5.74, 6) is 1.78. The van der Waals surface area contributed by atoms with Crippen LogP contribution in [0.25, 0.3) is 0 Å². The Kier molecular flexibility index (Phi) is 10.3. The first-order chi connectivity index (χ1) is 10.3. The van der Waals surface area contributed by atoms with Crippen LogP contribution in [0, 0.1) is 5.92 Å². The number of nitrogens with zero attached hydrogens (tertiary/aromatic N) is 2. The quantitative estimate of drug-likeness (QED) is 0.327. The molecule has 0 unspecified atom stereocenters. The molecule has 0 atom stereocenters. The minimum Gasteiger partial charge on any atom is -0.381 e. The SMILES string of the molecule is CCNC(=NCCCOCC1CC1)NCCN(CC)CC. The van der Waals surface area contributed by atoms with Gasteiger partial charge in [-0.1, -0.05) is 13.8 Å². The van der Waals surface area contributed by atoms with Gasteiger partial charge >= 0.3 is 0 Å². The third kappa shape index (κ3) is 9.69. The van der Waals surface area contributed by atoms with Crippen LogP contribution >= 0.6 is 0 Å². The van der Waals surface area contributed by atoms with Crippen LogP contribution < -0.4 is 10.6 Å². The van der Waals surface area contributed by atoms with E-state index in [1.54, 1.807) is 0 Å². The van der Waals surface area contributed by atoms with E-state index in [0.717, 1.165) is 70.8 Å². The number of ether oxygens (including phenoxy) is 1. The summed E-state index contributed by atoms with van der Waals surface area (Å²) >= 11 is 0. The molecule has 0 radical (unpaired) electrons. The maximum atomic E-state index is 5.62. The van der Waals surface area contributed by atoms with Gasteiger partial charge in [-0.2, -0.15) is 0 Å². The maximum absolute atomic E-state index is 5.62. The molecule has 0 spiro atoms. The lowest BCUT2D eigenvalue weighted by Crippen LogP contribution is -2.41. The van der Waals surface area contributed by atoms with Gasteiger partial charge in [0, 0.05) is 39.4 Å². The van der Waals surface area contributed by atoms with Crippen LogP contribution in [0.3, 0.4) is 0 Å². The lowest BCUT2D eigenvalue weighted by atomic mass is 10.4. The zero-order chi connectivity index (χ0) is 15.3. The molecule has 0 aliphatic heterocycles. The van der Waals surface area contributed by atoms with Gasteiger partial charge in [-0.3, -0.25) is 4.99 Å². The van der Waals surface area contributed by atoms with Crippen molar-refractivity contribution in [3.05, 3.63) is 0 Å². The van der Waals surface area contributed by atoms with Gasteiger partial charge in [0.05, 0.1) is 0 Å². The van der Waals surface area contributed by atoms with E-state index in [-0.39, 0.29) is 0 Å². The Morgan fingerprint density at radius 3 is 2.57 bits per heavy atom. The Morgan fingerprint density at radius 1 is 1.19 bits per heavy atom. The lowest BCUT2D eigenvalue weighted by Gasteiger charge is -2.19. The van der Waals surface area contributed by atoms with E-state index in [9.17, 15) is 0 Å². The molecule has 0 amide bonds. The van der Waals surface area contributed by atoms with Crippen molar-refractivity contribution in [3.8, 4) is 0 Å². The highest BCUT2D eigenvalue weighted by atomic mass is 16.5.